The van der Waals surface area contributed by atoms with Crippen molar-refractivity contribution in [3.63, 3.8) is 0 Å². The minimum Gasteiger partial charge on any atom is -0.489 e. The molecule has 0 aliphatic rings. The summed E-state index contributed by atoms with van der Waals surface area (Å²) in [5, 5.41) is 0. The van der Waals surface area contributed by atoms with Gasteiger partial charge in [-0.1, -0.05) is 18.2 Å². The number of rotatable bonds is 4. The third-order valence-corrected chi connectivity index (χ3v) is 3.30. The summed E-state index contributed by atoms with van der Waals surface area (Å²) >= 11 is 0. The van der Waals surface area contributed by atoms with E-state index < -0.39 is 5.82 Å². The molecule has 0 aliphatic carbocycles. The molecule has 2 aromatic carbocycles. The fourth-order valence-corrected chi connectivity index (χ4v) is 1.93. The maximum atomic E-state index is 13.6. The van der Waals surface area contributed by atoms with Gasteiger partial charge in [0.25, 0.3) is 0 Å². The van der Waals surface area contributed by atoms with Gasteiger partial charge in [-0.05, 0) is 49.6 Å². The van der Waals surface area contributed by atoms with Crippen LogP contribution in [0.2, 0.25) is 0 Å². The van der Waals surface area contributed by atoms with E-state index >= 15 is 0 Å². The molecule has 0 heterocycles. The number of hydrogen-bond donors (Lipinski definition) is 0. The fourth-order valence-electron chi connectivity index (χ4n) is 1.93. The van der Waals surface area contributed by atoms with Crippen molar-refractivity contribution in [2.75, 3.05) is 0 Å². The first kappa shape index (κ1) is 14.3. The van der Waals surface area contributed by atoms with E-state index in [-0.39, 0.29) is 11.3 Å². The second-order valence-electron chi connectivity index (χ2n) is 4.91. The predicted molar refractivity (Wildman–Crippen MR) is 76.7 cm³/mol. The van der Waals surface area contributed by atoms with E-state index in [2.05, 4.69) is 13.0 Å². The summed E-state index contributed by atoms with van der Waals surface area (Å²) in [5.41, 5.74) is 3.54. The number of halogens is 1. The van der Waals surface area contributed by atoms with E-state index in [1.165, 1.54) is 30.2 Å². The quantitative estimate of drug-likeness (QED) is 0.779. The lowest BCUT2D eigenvalue weighted by Gasteiger charge is -2.09. The highest BCUT2D eigenvalue weighted by molar-refractivity contribution is 5.94. The van der Waals surface area contributed by atoms with Gasteiger partial charge in [0.05, 0.1) is 5.56 Å². The molecule has 0 atom stereocenters. The number of ether oxygens (including phenoxy) is 1. The minimum atomic E-state index is -0.546. The molecule has 0 unspecified atom stereocenters. The molecule has 0 saturated carbocycles. The lowest BCUT2D eigenvalue weighted by atomic mass is 10.1. The van der Waals surface area contributed by atoms with Gasteiger partial charge in [0.2, 0.25) is 0 Å². The Bertz CT molecular complexity index is 647. The third-order valence-electron chi connectivity index (χ3n) is 3.30. The smallest absolute Gasteiger partial charge is 0.162 e. The van der Waals surface area contributed by atoms with Crippen LogP contribution >= 0.6 is 0 Å². The van der Waals surface area contributed by atoms with Crippen LogP contribution in [0.5, 0.6) is 5.75 Å². The average molecular weight is 272 g/mol. The van der Waals surface area contributed by atoms with E-state index in [0.717, 1.165) is 5.56 Å². The Morgan fingerprint density at radius 3 is 2.45 bits per heavy atom. The zero-order valence-electron chi connectivity index (χ0n) is 11.9. The van der Waals surface area contributed by atoms with Gasteiger partial charge < -0.3 is 4.74 Å². The Kier molecular flexibility index (Phi) is 4.18. The maximum Gasteiger partial charge on any atom is 0.162 e. The predicted octanol–water partition coefficient (Wildman–Crippen LogP) is 4.22. The van der Waals surface area contributed by atoms with E-state index in [1.54, 1.807) is 6.07 Å². The van der Waals surface area contributed by atoms with Crippen LogP contribution in [-0.2, 0) is 6.61 Å². The molecule has 2 aromatic rings. The second kappa shape index (κ2) is 5.87. The van der Waals surface area contributed by atoms with Gasteiger partial charge in [-0.3, -0.25) is 4.79 Å². The summed E-state index contributed by atoms with van der Waals surface area (Å²) in [6.07, 6.45) is 0. The Balaban J connectivity index is 2.09. The number of hydrogen-bond acceptors (Lipinski definition) is 2. The van der Waals surface area contributed by atoms with Gasteiger partial charge in [0.15, 0.2) is 5.78 Å². The van der Waals surface area contributed by atoms with E-state index in [4.69, 9.17) is 4.74 Å². The third kappa shape index (κ3) is 3.23. The van der Waals surface area contributed by atoms with Gasteiger partial charge in [-0.2, -0.15) is 0 Å². The zero-order valence-corrected chi connectivity index (χ0v) is 11.9. The molecule has 0 radical (unpaired) electrons. The van der Waals surface area contributed by atoms with Gasteiger partial charge in [0.1, 0.15) is 18.2 Å². The van der Waals surface area contributed by atoms with Crippen molar-refractivity contribution in [3.05, 3.63) is 64.5 Å². The first-order chi connectivity index (χ1) is 9.47. The zero-order chi connectivity index (χ0) is 14.7. The van der Waals surface area contributed by atoms with Crippen LogP contribution in [0, 0.1) is 19.7 Å². The lowest BCUT2D eigenvalue weighted by molar-refractivity contribution is 0.101. The maximum absolute atomic E-state index is 13.6. The van der Waals surface area contributed by atoms with Gasteiger partial charge >= 0.3 is 0 Å². The molecule has 0 saturated heterocycles. The summed E-state index contributed by atoms with van der Waals surface area (Å²) in [6.45, 7) is 5.81. The van der Waals surface area contributed by atoms with Crippen LogP contribution in [0.15, 0.2) is 36.4 Å². The Morgan fingerprint density at radius 1 is 1.10 bits per heavy atom. The highest BCUT2D eigenvalue weighted by Gasteiger charge is 2.08. The summed E-state index contributed by atoms with van der Waals surface area (Å²) < 4.78 is 19.2. The molecule has 3 heteroatoms. The molecule has 0 aliphatic heterocycles. The first-order valence-corrected chi connectivity index (χ1v) is 6.47. The van der Waals surface area contributed by atoms with Crippen molar-refractivity contribution in [1.82, 2.24) is 0 Å². The van der Waals surface area contributed by atoms with Crippen LogP contribution in [-0.4, -0.2) is 5.78 Å². The monoisotopic (exact) mass is 272 g/mol. The van der Waals surface area contributed by atoms with Crippen molar-refractivity contribution < 1.29 is 13.9 Å². The van der Waals surface area contributed by atoms with Crippen molar-refractivity contribution in [3.8, 4) is 5.75 Å². The summed E-state index contributed by atoms with van der Waals surface area (Å²) in [5.74, 6) is -0.413. The second-order valence-corrected chi connectivity index (χ2v) is 4.91. The summed E-state index contributed by atoms with van der Waals surface area (Å²) in [6, 6.07) is 10.4. The molecular formula is C17H17FO2. The Morgan fingerprint density at radius 2 is 1.85 bits per heavy atom. The number of carbonyl (C=O) groups excluding carboxylic acids is 1. The molecular weight excluding hydrogens is 255 g/mol. The van der Waals surface area contributed by atoms with Gasteiger partial charge in [-0.25, -0.2) is 4.39 Å². The number of benzene rings is 2. The molecule has 0 N–H and O–H groups in total. The molecule has 2 nitrogen and oxygen atoms in total. The number of ketones is 1. The van der Waals surface area contributed by atoms with Crippen LogP contribution in [0.3, 0.4) is 0 Å². The molecule has 0 amide bonds. The highest BCUT2D eigenvalue weighted by atomic mass is 19.1. The first-order valence-electron chi connectivity index (χ1n) is 6.47. The topological polar surface area (TPSA) is 26.3 Å². The Labute approximate surface area is 118 Å². The van der Waals surface area contributed by atoms with E-state index in [0.29, 0.717) is 12.4 Å². The van der Waals surface area contributed by atoms with Crippen LogP contribution in [0.4, 0.5) is 4.39 Å². The standard InChI is InChI=1S/C17H17FO2/c1-11-4-5-14(8-12(11)2)10-20-15-6-7-16(13(3)19)17(18)9-15/h4-9H,10H2,1-3H3. The van der Waals surface area contributed by atoms with Crippen molar-refractivity contribution in [2.45, 2.75) is 27.4 Å². The molecule has 0 fully saturated rings. The Hall–Kier alpha value is -2.16. The number of carbonyl (C=O) groups is 1. The highest BCUT2D eigenvalue weighted by Crippen LogP contribution is 2.19. The van der Waals surface area contributed by atoms with Crippen LogP contribution in [0.1, 0.15) is 34.0 Å². The average Bonchev–Trinajstić information content (AvgIpc) is 2.40. The normalized spacial score (nSPS) is 10.4. The van der Waals surface area contributed by atoms with E-state index in [1.807, 2.05) is 19.1 Å². The largest absolute Gasteiger partial charge is 0.489 e. The summed E-state index contributed by atoms with van der Waals surface area (Å²) in [7, 11) is 0. The SMILES string of the molecule is CC(=O)c1ccc(OCc2ccc(C)c(C)c2)cc1F. The summed E-state index contributed by atoms with van der Waals surface area (Å²) in [4.78, 5) is 11.1. The number of aryl methyl sites for hydroxylation is 2. The molecule has 2 rings (SSSR count). The van der Waals surface area contributed by atoms with Crippen LogP contribution in [0.25, 0.3) is 0 Å². The van der Waals surface area contributed by atoms with Gasteiger partial charge in [0, 0.05) is 6.07 Å². The van der Waals surface area contributed by atoms with Gasteiger partial charge in [-0.15, -0.1) is 0 Å². The molecule has 0 aromatic heterocycles. The molecule has 0 bridgehead atoms. The van der Waals surface area contributed by atoms with Crippen LogP contribution < -0.4 is 4.74 Å². The van der Waals surface area contributed by atoms with E-state index in [9.17, 15) is 9.18 Å². The number of Topliss-reactive ketones (excluding diaryl/α,β-unsaturated/α-hetero) is 1. The lowest BCUT2D eigenvalue weighted by Crippen LogP contribution is -2.00. The van der Waals surface area contributed by atoms with Crippen molar-refractivity contribution >= 4 is 5.78 Å². The molecule has 20 heavy (non-hydrogen) atoms. The van der Waals surface area contributed by atoms with Crippen molar-refractivity contribution in [1.29, 1.82) is 0 Å². The fraction of sp³-hybridized carbons (Fsp3) is 0.235. The molecule has 0 spiro atoms. The molecule has 104 valence electrons. The van der Waals surface area contributed by atoms with Crippen molar-refractivity contribution in [2.24, 2.45) is 0 Å². The minimum absolute atomic E-state index is 0.0866.